The zero-order valence-electron chi connectivity index (χ0n) is 15.7. The summed E-state index contributed by atoms with van der Waals surface area (Å²) >= 11 is 0. The molecule has 5 nitrogen and oxygen atoms in total. The first kappa shape index (κ1) is 18.1. The largest absolute Gasteiger partial charge is 0.497 e. The first-order valence-corrected chi connectivity index (χ1v) is 9.46. The minimum atomic E-state index is 0.0785. The molecular weight excluding hydrogens is 316 g/mol. The van der Waals surface area contributed by atoms with Gasteiger partial charge >= 0.3 is 0 Å². The molecule has 0 atom stereocenters. The first-order valence-electron chi connectivity index (χ1n) is 9.46. The third kappa shape index (κ3) is 4.27. The molecular formula is C20H30N2O3. The van der Waals surface area contributed by atoms with Crippen LogP contribution in [0.4, 0.5) is 0 Å². The SMILES string of the molecule is COc1ccc(C(=O)N2CCCC2)c(OC2CCN(C(C)C)CC2)c1. The van der Waals surface area contributed by atoms with Crippen molar-refractivity contribution in [2.75, 3.05) is 33.3 Å². The fourth-order valence-corrected chi connectivity index (χ4v) is 3.68. The number of rotatable bonds is 5. The first-order chi connectivity index (χ1) is 12.1. The average molecular weight is 346 g/mol. The third-order valence-corrected chi connectivity index (χ3v) is 5.31. The maximum atomic E-state index is 12.8. The van der Waals surface area contributed by atoms with Crippen LogP contribution >= 0.6 is 0 Å². The van der Waals surface area contributed by atoms with Crippen molar-refractivity contribution < 1.29 is 14.3 Å². The van der Waals surface area contributed by atoms with Gasteiger partial charge in [-0.2, -0.15) is 0 Å². The van der Waals surface area contributed by atoms with Gasteiger partial charge in [-0.1, -0.05) is 0 Å². The molecule has 0 N–H and O–H groups in total. The summed E-state index contributed by atoms with van der Waals surface area (Å²) in [6.07, 6.45) is 4.32. The second-order valence-electron chi connectivity index (χ2n) is 7.31. The van der Waals surface area contributed by atoms with Crippen molar-refractivity contribution in [3.05, 3.63) is 23.8 Å². The number of carbonyl (C=O) groups is 1. The van der Waals surface area contributed by atoms with Crippen LogP contribution in [0.5, 0.6) is 11.5 Å². The summed E-state index contributed by atoms with van der Waals surface area (Å²) < 4.78 is 11.6. The van der Waals surface area contributed by atoms with Crippen LogP contribution in [0.1, 0.15) is 49.9 Å². The number of benzene rings is 1. The highest BCUT2D eigenvalue weighted by molar-refractivity contribution is 5.97. The molecule has 1 amide bonds. The summed E-state index contributed by atoms with van der Waals surface area (Å²) in [5.74, 6) is 1.47. The Balaban J connectivity index is 1.73. The number of amides is 1. The number of likely N-dealkylation sites (tertiary alicyclic amines) is 2. The number of ether oxygens (including phenoxy) is 2. The van der Waals surface area contributed by atoms with Gasteiger partial charge in [-0.15, -0.1) is 0 Å². The summed E-state index contributed by atoms with van der Waals surface area (Å²) in [5.41, 5.74) is 0.661. The van der Waals surface area contributed by atoms with E-state index in [9.17, 15) is 4.79 Å². The summed E-state index contributed by atoms with van der Waals surface area (Å²) in [6.45, 7) is 8.24. The van der Waals surface area contributed by atoms with Gasteiger partial charge in [0.2, 0.25) is 0 Å². The molecule has 2 fully saturated rings. The van der Waals surface area contributed by atoms with Crippen molar-refractivity contribution in [3.8, 4) is 11.5 Å². The lowest BCUT2D eigenvalue weighted by Crippen LogP contribution is -2.42. The van der Waals surface area contributed by atoms with Gasteiger partial charge in [0.25, 0.3) is 5.91 Å². The molecule has 25 heavy (non-hydrogen) atoms. The molecule has 2 aliphatic rings. The molecule has 0 bridgehead atoms. The van der Waals surface area contributed by atoms with E-state index in [1.807, 2.05) is 23.1 Å². The van der Waals surface area contributed by atoms with Crippen LogP contribution in [0.3, 0.4) is 0 Å². The van der Waals surface area contributed by atoms with Gasteiger partial charge in [-0.25, -0.2) is 0 Å². The molecule has 5 heteroatoms. The molecule has 138 valence electrons. The van der Waals surface area contributed by atoms with Gasteiger partial charge in [0, 0.05) is 38.3 Å². The monoisotopic (exact) mass is 346 g/mol. The fraction of sp³-hybridized carbons (Fsp3) is 0.650. The van der Waals surface area contributed by atoms with Crippen molar-refractivity contribution in [1.82, 2.24) is 9.80 Å². The van der Waals surface area contributed by atoms with Crippen LogP contribution in [-0.4, -0.2) is 61.1 Å². The molecule has 0 aliphatic carbocycles. The predicted octanol–water partition coefficient (Wildman–Crippen LogP) is 3.18. The van der Waals surface area contributed by atoms with Gasteiger partial charge in [0.1, 0.15) is 17.6 Å². The second kappa shape index (κ2) is 8.09. The number of nitrogens with zero attached hydrogens (tertiary/aromatic N) is 2. The molecule has 1 aromatic carbocycles. The zero-order chi connectivity index (χ0) is 17.8. The van der Waals surface area contributed by atoms with E-state index in [4.69, 9.17) is 9.47 Å². The number of carbonyl (C=O) groups excluding carboxylic acids is 1. The van der Waals surface area contributed by atoms with E-state index >= 15 is 0 Å². The number of hydrogen-bond donors (Lipinski definition) is 0. The minimum absolute atomic E-state index is 0.0785. The molecule has 2 heterocycles. The lowest BCUT2D eigenvalue weighted by atomic mass is 10.1. The Kier molecular flexibility index (Phi) is 5.84. The van der Waals surface area contributed by atoms with Gasteiger partial charge < -0.3 is 19.3 Å². The van der Waals surface area contributed by atoms with Crippen molar-refractivity contribution in [3.63, 3.8) is 0 Å². The van der Waals surface area contributed by atoms with Crippen molar-refractivity contribution in [2.45, 2.75) is 51.7 Å². The van der Waals surface area contributed by atoms with E-state index in [1.165, 1.54) is 0 Å². The molecule has 0 aromatic heterocycles. The van der Waals surface area contributed by atoms with Crippen LogP contribution in [0.2, 0.25) is 0 Å². The average Bonchev–Trinajstić information content (AvgIpc) is 3.16. The summed E-state index contributed by atoms with van der Waals surface area (Å²) in [7, 11) is 1.64. The molecule has 2 aliphatic heterocycles. The lowest BCUT2D eigenvalue weighted by molar-refractivity contribution is 0.0744. The Hall–Kier alpha value is -1.75. The zero-order valence-corrected chi connectivity index (χ0v) is 15.7. The maximum absolute atomic E-state index is 12.8. The van der Waals surface area contributed by atoms with Crippen LogP contribution in [0, 0.1) is 0 Å². The Labute approximate surface area is 150 Å². The maximum Gasteiger partial charge on any atom is 0.257 e. The number of methoxy groups -OCH3 is 1. The smallest absolute Gasteiger partial charge is 0.257 e. The quantitative estimate of drug-likeness (QED) is 0.821. The summed E-state index contributed by atoms with van der Waals surface area (Å²) in [6, 6.07) is 6.12. The molecule has 1 aromatic rings. The van der Waals surface area contributed by atoms with E-state index in [0.29, 0.717) is 17.4 Å². The lowest BCUT2D eigenvalue weighted by Gasteiger charge is -2.35. The van der Waals surface area contributed by atoms with Crippen LogP contribution < -0.4 is 9.47 Å². The van der Waals surface area contributed by atoms with E-state index in [0.717, 1.165) is 57.6 Å². The summed E-state index contributed by atoms with van der Waals surface area (Å²) in [4.78, 5) is 17.2. The molecule has 3 rings (SSSR count). The molecule has 2 saturated heterocycles. The van der Waals surface area contributed by atoms with Gasteiger partial charge in [0.05, 0.1) is 12.7 Å². The van der Waals surface area contributed by atoms with Gasteiger partial charge in [-0.05, 0) is 51.7 Å². The highest BCUT2D eigenvalue weighted by atomic mass is 16.5. The highest BCUT2D eigenvalue weighted by Gasteiger charge is 2.26. The number of piperidine rings is 1. The molecule has 0 saturated carbocycles. The summed E-state index contributed by atoms with van der Waals surface area (Å²) in [5, 5.41) is 0. The highest BCUT2D eigenvalue weighted by Crippen LogP contribution is 2.30. The van der Waals surface area contributed by atoms with Crippen molar-refractivity contribution in [2.24, 2.45) is 0 Å². The van der Waals surface area contributed by atoms with Crippen molar-refractivity contribution >= 4 is 5.91 Å². The Bertz CT molecular complexity index is 589. The van der Waals surface area contributed by atoms with E-state index in [-0.39, 0.29) is 12.0 Å². The number of hydrogen-bond acceptors (Lipinski definition) is 4. The Morgan fingerprint density at radius 3 is 2.40 bits per heavy atom. The Morgan fingerprint density at radius 1 is 1.12 bits per heavy atom. The molecule has 0 unspecified atom stereocenters. The normalized spacial score (nSPS) is 19.4. The predicted molar refractivity (Wildman–Crippen MR) is 98.5 cm³/mol. The fourth-order valence-electron chi connectivity index (χ4n) is 3.68. The second-order valence-corrected chi connectivity index (χ2v) is 7.31. The van der Waals surface area contributed by atoms with E-state index in [1.54, 1.807) is 7.11 Å². The molecule has 0 radical (unpaired) electrons. The third-order valence-electron chi connectivity index (χ3n) is 5.31. The van der Waals surface area contributed by atoms with Crippen molar-refractivity contribution in [1.29, 1.82) is 0 Å². The van der Waals surface area contributed by atoms with Gasteiger partial charge in [0.15, 0.2) is 0 Å². The van der Waals surface area contributed by atoms with Crippen LogP contribution in [-0.2, 0) is 0 Å². The van der Waals surface area contributed by atoms with E-state index in [2.05, 4.69) is 18.7 Å². The van der Waals surface area contributed by atoms with Crippen LogP contribution in [0.15, 0.2) is 18.2 Å². The minimum Gasteiger partial charge on any atom is -0.497 e. The standard InChI is InChI=1S/C20H30N2O3/c1-15(2)21-12-8-16(9-13-21)25-19-14-17(24-3)6-7-18(19)20(23)22-10-4-5-11-22/h6-7,14-16H,4-5,8-13H2,1-3H3. The van der Waals surface area contributed by atoms with Gasteiger partial charge in [-0.3, -0.25) is 4.79 Å². The van der Waals surface area contributed by atoms with Crippen LogP contribution in [0.25, 0.3) is 0 Å². The topological polar surface area (TPSA) is 42.0 Å². The van der Waals surface area contributed by atoms with E-state index < -0.39 is 0 Å². The Morgan fingerprint density at radius 2 is 1.80 bits per heavy atom. The molecule has 0 spiro atoms.